The molecule has 116 valence electrons. The number of piperidine rings is 1. The maximum Gasteiger partial charge on any atom is 0.161 e. The third-order valence-electron chi connectivity index (χ3n) is 4.48. The van der Waals surface area contributed by atoms with Gasteiger partial charge in [-0.2, -0.15) is 5.10 Å². The zero-order valence-corrected chi connectivity index (χ0v) is 12.6. The average molecular weight is 299 g/mol. The Morgan fingerprint density at radius 1 is 1.18 bits per heavy atom. The van der Waals surface area contributed by atoms with Gasteiger partial charge in [0.05, 0.1) is 0 Å². The predicted octanol–water partition coefficient (Wildman–Crippen LogP) is 2.56. The fourth-order valence-corrected chi connectivity index (χ4v) is 3.39. The van der Waals surface area contributed by atoms with E-state index in [0.29, 0.717) is 19.1 Å². The Balaban J connectivity index is 1.44. The Bertz CT molecular complexity index is 627. The highest BCUT2D eigenvalue weighted by Gasteiger charge is 2.22. The summed E-state index contributed by atoms with van der Waals surface area (Å²) in [6.07, 6.45) is 4.31. The highest BCUT2D eigenvalue weighted by molar-refractivity contribution is 5.43. The molecular formula is C17H21N3O2. The Hall–Kier alpha value is -2.01. The molecule has 1 saturated heterocycles. The third-order valence-corrected chi connectivity index (χ3v) is 4.48. The van der Waals surface area contributed by atoms with Gasteiger partial charge in [-0.05, 0) is 43.1 Å². The number of rotatable bonds is 3. The minimum absolute atomic E-state index is 0.563. The van der Waals surface area contributed by atoms with Crippen LogP contribution in [0.15, 0.2) is 30.5 Å². The van der Waals surface area contributed by atoms with E-state index in [-0.39, 0.29) is 0 Å². The normalized spacial score (nSPS) is 21.7. The van der Waals surface area contributed by atoms with Gasteiger partial charge in [0.25, 0.3) is 0 Å². The van der Waals surface area contributed by atoms with Crippen LogP contribution < -0.4 is 9.47 Å². The second kappa shape index (κ2) is 6.01. The van der Waals surface area contributed by atoms with Crippen LogP contribution in [-0.2, 0) is 6.54 Å². The summed E-state index contributed by atoms with van der Waals surface area (Å²) in [5.74, 6) is 2.31. The molecule has 2 aromatic rings. The minimum Gasteiger partial charge on any atom is -0.486 e. The maximum atomic E-state index is 5.68. The first-order valence-corrected chi connectivity index (χ1v) is 7.98. The quantitative estimate of drug-likeness (QED) is 0.946. The number of nitrogens with zero attached hydrogens (tertiary/aromatic N) is 2. The highest BCUT2D eigenvalue weighted by atomic mass is 16.6. The van der Waals surface area contributed by atoms with Crippen molar-refractivity contribution in [2.45, 2.75) is 25.3 Å². The summed E-state index contributed by atoms with van der Waals surface area (Å²) in [6.45, 7) is 4.48. The smallest absolute Gasteiger partial charge is 0.161 e. The molecule has 0 amide bonds. The van der Waals surface area contributed by atoms with E-state index in [4.69, 9.17) is 9.47 Å². The molecule has 5 heteroatoms. The fourth-order valence-electron chi connectivity index (χ4n) is 3.39. The Labute approximate surface area is 130 Å². The van der Waals surface area contributed by atoms with Gasteiger partial charge >= 0.3 is 0 Å². The van der Waals surface area contributed by atoms with Crippen LogP contribution in [0.5, 0.6) is 11.5 Å². The lowest BCUT2D eigenvalue weighted by atomic mass is 9.94. The van der Waals surface area contributed by atoms with E-state index in [9.17, 15) is 0 Å². The maximum absolute atomic E-state index is 5.68. The third kappa shape index (κ3) is 2.81. The molecule has 5 nitrogen and oxygen atoms in total. The molecular weight excluding hydrogens is 278 g/mol. The zero-order valence-electron chi connectivity index (χ0n) is 12.6. The number of hydrogen-bond donors (Lipinski definition) is 1. The van der Waals surface area contributed by atoms with Gasteiger partial charge in [-0.15, -0.1) is 0 Å². The molecule has 0 spiro atoms. The van der Waals surface area contributed by atoms with Crippen LogP contribution in [0.2, 0.25) is 0 Å². The van der Waals surface area contributed by atoms with Crippen LogP contribution in [0, 0.1) is 0 Å². The first-order chi connectivity index (χ1) is 10.9. The first kappa shape index (κ1) is 13.6. The van der Waals surface area contributed by atoms with E-state index >= 15 is 0 Å². The molecule has 1 N–H and O–H groups in total. The van der Waals surface area contributed by atoms with E-state index in [1.54, 1.807) is 0 Å². The molecule has 2 aliphatic rings. The number of H-pyrrole nitrogens is 1. The van der Waals surface area contributed by atoms with Crippen LogP contribution in [0.1, 0.15) is 30.0 Å². The van der Waals surface area contributed by atoms with Crippen molar-refractivity contribution in [3.8, 4) is 11.5 Å². The zero-order chi connectivity index (χ0) is 14.8. The molecule has 0 bridgehead atoms. The molecule has 0 aliphatic carbocycles. The van der Waals surface area contributed by atoms with Gasteiger partial charge in [0, 0.05) is 30.9 Å². The summed E-state index contributed by atoms with van der Waals surface area (Å²) in [7, 11) is 0. The van der Waals surface area contributed by atoms with Crippen molar-refractivity contribution < 1.29 is 9.47 Å². The molecule has 0 saturated carbocycles. The summed E-state index contributed by atoms with van der Waals surface area (Å²) >= 11 is 0. The SMILES string of the molecule is c1cc([C@@H]2CCCN(Cc3ccc4c(c3)OCCO4)C2)[nH]n1. The summed E-state index contributed by atoms with van der Waals surface area (Å²) in [4.78, 5) is 2.51. The van der Waals surface area contributed by atoms with E-state index < -0.39 is 0 Å². The highest BCUT2D eigenvalue weighted by Crippen LogP contribution is 2.32. The predicted molar refractivity (Wildman–Crippen MR) is 83.3 cm³/mol. The van der Waals surface area contributed by atoms with Crippen molar-refractivity contribution in [1.29, 1.82) is 0 Å². The minimum atomic E-state index is 0.563. The molecule has 3 heterocycles. The number of ether oxygens (including phenoxy) is 2. The largest absolute Gasteiger partial charge is 0.486 e. The van der Waals surface area contributed by atoms with Crippen LogP contribution in [-0.4, -0.2) is 41.4 Å². The van der Waals surface area contributed by atoms with Gasteiger partial charge in [0.1, 0.15) is 13.2 Å². The fraction of sp³-hybridized carbons (Fsp3) is 0.471. The lowest BCUT2D eigenvalue weighted by Crippen LogP contribution is -2.34. The second-order valence-electron chi connectivity index (χ2n) is 6.06. The number of nitrogens with one attached hydrogen (secondary N) is 1. The van der Waals surface area contributed by atoms with Gasteiger partial charge < -0.3 is 9.47 Å². The van der Waals surface area contributed by atoms with E-state index in [0.717, 1.165) is 31.1 Å². The number of likely N-dealkylation sites (tertiary alicyclic amines) is 1. The number of hydrogen-bond acceptors (Lipinski definition) is 4. The van der Waals surface area contributed by atoms with E-state index in [1.807, 2.05) is 12.3 Å². The number of aromatic amines is 1. The number of aromatic nitrogens is 2. The van der Waals surface area contributed by atoms with Crippen LogP contribution in [0.3, 0.4) is 0 Å². The van der Waals surface area contributed by atoms with Gasteiger partial charge in [0.2, 0.25) is 0 Å². The number of benzene rings is 1. The Kier molecular flexibility index (Phi) is 3.72. The molecule has 2 aliphatic heterocycles. The van der Waals surface area contributed by atoms with Crippen LogP contribution >= 0.6 is 0 Å². The molecule has 22 heavy (non-hydrogen) atoms. The monoisotopic (exact) mass is 299 g/mol. The summed E-state index contributed by atoms with van der Waals surface area (Å²) < 4.78 is 11.3. The van der Waals surface area contributed by atoms with Crippen molar-refractivity contribution >= 4 is 0 Å². The number of fused-ring (bicyclic) bond motifs is 1. The molecule has 1 atom stereocenters. The molecule has 1 fully saturated rings. The van der Waals surface area contributed by atoms with Gasteiger partial charge in [-0.25, -0.2) is 0 Å². The average Bonchev–Trinajstić information content (AvgIpc) is 3.10. The van der Waals surface area contributed by atoms with E-state index in [2.05, 4.69) is 33.3 Å². The van der Waals surface area contributed by atoms with Crippen LogP contribution in [0.4, 0.5) is 0 Å². The molecule has 0 radical (unpaired) electrons. The van der Waals surface area contributed by atoms with Crippen molar-refractivity contribution in [1.82, 2.24) is 15.1 Å². The van der Waals surface area contributed by atoms with Crippen molar-refractivity contribution in [3.05, 3.63) is 41.7 Å². The summed E-state index contributed by atoms with van der Waals surface area (Å²) in [5, 5.41) is 7.20. The topological polar surface area (TPSA) is 50.4 Å². The summed E-state index contributed by atoms with van der Waals surface area (Å²) in [5.41, 5.74) is 2.54. The lowest BCUT2D eigenvalue weighted by Gasteiger charge is -2.32. The first-order valence-electron chi connectivity index (χ1n) is 7.98. The van der Waals surface area contributed by atoms with Gasteiger partial charge in [-0.1, -0.05) is 6.07 Å². The van der Waals surface area contributed by atoms with E-state index in [1.165, 1.54) is 24.1 Å². The van der Waals surface area contributed by atoms with Crippen molar-refractivity contribution in [3.63, 3.8) is 0 Å². The molecule has 4 rings (SSSR count). The van der Waals surface area contributed by atoms with Crippen molar-refractivity contribution in [2.24, 2.45) is 0 Å². The van der Waals surface area contributed by atoms with Gasteiger partial charge in [0.15, 0.2) is 11.5 Å². The summed E-state index contributed by atoms with van der Waals surface area (Å²) in [6, 6.07) is 8.39. The standard InChI is InChI=1S/C17H21N3O2/c1-2-14(15-5-6-18-19-15)12-20(7-1)11-13-3-4-16-17(10-13)22-9-8-21-16/h3-6,10,14H,1-2,7-9,11-12H2,(H,18,19)/t14-/m1/s1. The van der Waals surface area contributed by atoms with Gasteiger partial charge in [-0.3, -0.25) is 10.00 Å². The molecule has 0 unspecified atom stereocenters. The van der Waals surface area contributed by atoms with Crippen molar-refractivity contribution in [2.75, 3.05) is 26.3 Å². The Morgan fingerprint density at radius 2 is 2.09 bits per heavy atom. The lowest BCUT2D eigenvalue weighted by molar-refractivity contribution is 0.170. The molecule has 1 aromatic carbocycles. The second-order valence-corrected chi connectivity index (χ2v) is 6.06. The Morgan fingerprint density at radius 3 is 2.95 bits per heavy atom. The molecule has 1 aromatic heterocycles. The van der Waals surface area contributed by atoms with Crippen LogP contribution in [0.25, 0.3) is 0 Å².